The van der Waals surface area contributed by atoms with Crippen LogP contribution in [0.25, 0.3) is 0 Å². The number of hydrogen-bond acceptors (Lipinski definition) is 4. The molecule has 1 aromatic carbocycles. The van der Waals surface area contributed by atoms with Gasteiger partial charge in [-0.15, -0.1) is 24.0 Å². The molecule has 0 radical (unpaired) electrons. The van der Waals surface area contributed by atoms with Crippen molar-refractivity contribution in [2.45, 2.75) is 39.4 Å². The number of rotatable bonds is 11. The van der Waals surface area contributed by atoms with Gasteiger partial charge in [0.25, 0.3) is 0 Å². The highest BCUT2D eigenvalue weighted by atomic mass is 127. The van der Waals surface area contributed by atoms with Gasteiger partial charge in [-0.3, -0.25) is 0 Å². The summed E-state index contributed by atoms with van der Waals surface area (Å²) in [5, 5.41) is 6.25. The summed E-state index contributed by atoms with van der Waals surface area (Å²) in [5.41, 5.74) is 2.09. The SMILES string of the molecule is CCNC(=NCc1ccc(C)cc1OCC1CCOC1)NCCCOCC(F)(F)F.I. The highest BCUT2D eigenvalue weighted by molar-refractivity contribution is 14.0. The fraction of sp³-hybridized carbons (Fsp3) is 0.667. The van der Waals surface area contributed by atoms with Gasteiger partial charge < -0.3 is 24.8 Å². The first-order valence-corrected chi connectivity index (χ1v) is 10.3. The van der Waals surface area contributed by atoms with Gasteiger partial charge in [-0.05, 0) is 38.3 Å². The minimum absolute atomic E-state index is 0. The predicted molar refractivity (Wildman–Crippen MR) is 125 cm³/mol. The molecule has 6 nitrogen and oxygen atoms in total. The topological polar surface area (TPSA) is 64.1 Å². The van der Waals surface area contributed by atoms with Crippen LogP contribution in [0.2, 0.25) is 0 Å². The summed E-state index contributed by atoms with van der Waals surface area (Å²) in [6.07, 6.45) is -2.83. The molecule has 1 atom stereocenters. The van der Waals surface area contributed by atoms with Crippen LogP contribution in [0.3, 0.4) is 0 Å². The Balaban J connectivity index is 0.00000480. The standard InChI is InChI=1S/C21H32F3N3O3.HI/c1-3-25-20(26-8-4-9-29-15-21(22,23)24)27-12-18-6-5-16(2)11-19(18)30-14-17-7-10-28-13-17;/h5-6,11,17H,3-4,7-10,12-15H2,1-2H3,(H2,25,26,27);1H. The summed E-state index contributed by atoms with van der Waals surface area (Å²) < 4.78 is 52.3. The molecular formula is C21H33F3IN3O3. The van der Waals surface area contributed by atoms with Crippen LogP contribution in [-0.4, -0.2) is 58.3 Å². The van der Waals surface area contributed by atoms with E-state index in [1.807, 2.05) is 32.0 Å². The molecule has 0 bridgehead atoms. The van der Waals surface area contributed by atoms with Crippen molar-refractivity contribution in [3.8, 4) is 5.75 Å². The Bertz CT molecular complexity index is 669. The lowest BCUT2D eigenvalue weighted by atomic mass is 10.1. The summed E-state index contributed by atoms with van der Waals surface area (Å²) in [7, 11) is 0. The number of nitrogens with one attached hydrogen (secondary N) is 2. The van der Waals surface area contributed by atoms with Gasteiger partial charge in [-0.25, -0.2) is 4.99 Å². The van der Waals surface area contributed by atoms with Crippen molar-refractivity contribution in [2.75, 3.05) is 46.1 Å². The van der Waals surface area contributed by atoms with E-state index in [1.54, 1.807) is 0 Å². The maximum atomic E-state index is 12.1. The third kappa shape index (κ3) is 11.8. The van der Waals surface area contributed by atoms with E-state index >= 15 is 0 Å². The molecule has 1 fully saturated rings. The molecule has 2 rings (SSSR count). The second-order valence-electron chi connectivity index (χ2n) is 7.30. The van der Waals surface area contributed by atoms with Crippen LogP contribution in [0.4, 0.5) is 13.2 Å². The molecule has 31 heavy (non-hydrogen) atoms. The molecule has 0 aromatic heterocycles. The molecule has 0 spiro atoms. The van der Waals surface area contributed by atoms with E-state index in [0.29, 0.717) is 44.5 Å². The van der Waals surface area contributed by atoms with E-state index in [9.17, 15) is 13.2 Å². The lowest BCUT2D eigenvalue weighted by molar-refractivity contribution is -0.173. The maximum absolute atomic E-state index is 12.1. The van der Waals surface area contributed by atoms with E-state index in [1.165, 1.54) is 0 Å². The Morgan fingerprint density at radius 3 is 2.77 bits per heavy atom. The van der Waals surface area contributed by atoms with Crippen molar-refractivity contribution in [2.24, 2.45) is 10.9 Å². The fourth-order valence-electron chi connectivity index (χ4n) is 2.92. The number of hydrogen-bond donors (Lipinski definition) is 2. The first kappa shape index (κ1) is 27.8. The van der Waals surface area contributed by atoms with E-state index < -0.39 is 12.8 Å². The molecule has 1 aliphatic heterocycles. The number of nitrogens with zero attached hydrogens (tertiary/aromatic N) is 1. The number of halogens is 4. The molecule has 1 unspecified atom stereocenters. The second-order valence-corrected chi connectivity index (χ2v) is 7.30. The first-order chi connectivity index (χ1) is 14.4. The summed E-state index contributed by atoms with van der Waals surface area (Å²) in [5.74, 6) is 1.84. The molecular weight excluding hydrogens is 526 g/mol. The molecule has 0 amide bonds. The van der Waals surface area contributed by atoms with Gasteiger partial charge in [-0.1, -0.05) is 12.1 Å². The number of alkyl halides is 3. The quantitative estimate of drug-likeness (QED) is 0.186. The fourth-order valence-corrected chi connectivity index (χ4v) is 2.92. The van der Waals surface area contributed by atoms with Gasteiger partial charge in [0.2, 0.25) is 0 Å². The van der Waals surface area contributed by atoms with Crippen molar-refractivity contribution < 1.29 is 27.4 Å². The van der Waals surface area contributed by atoms with Gasteiger partial charge in [0.05, 0.1) is 19.8 Å². The van der Waals surface area contributed by atoms with E-state index in [4.69, 9.17) is 9.47 Å². The van der Waals surface area contributed by atoms with Gasteiger partial charge in [0, 0.05) is 37.8 Å². The Labute approximate surface area is 199 Å². The molecule has 1 heterocycles. The monoisotopic (exact) mass is 559 g/mol. The number of aryl methyl sites for hydroxylation is 1. The Morgan fingerprint density at radius 2 is 2.10 bits per heavy atom. The van der Waals surface area contributed by atoms with Crippen LogP contribution in [0.1, 0.15) is 30.9 Å². The van der Waals surface area contributed by atoms with Crippen molar-refractivity contribution in [3.05, 3.63) is 29.3 Å². The van der Waals surface area contributed by atoms with Crippen molar-refractivity contribution in [1.82, 2.24) is 10.6 Å². The smallest absolute Gasteiger partial charge is 0.411 e. The van der Waals surface area contributed by atoms with Gasteiger partial charge in [0.15, 0.2) is 5.96 Å². The van der Waals surface area contributed by atoms with Crippen LogP contribution >= 0.6 is 24.0 Å². The zero-order valence-corrected chi connectivity index (χ0v) is 20.4. The van der Waals surface area contributed by atoms with Gasteiger partial charge in [0.1, 0.15) is 12.4 Å². The Hall–Kier alpha value is -1.27. The molecule has 0 saturated carbocycles. The van der Waals surface area contributed by atoms with Crippen LogP contribution in [0.15, 0.2) is 23.2 Å². The van der Waals surface area contributed by atoms with E-state index in [2.05, 4.69) is 20.4 Å². The minimum Gasteiger partial charge on any atom is -0.493 e. The van der Waals surface area contributed by atoms with Gasteiger partial charge >= 0.3 is 6.18 Å². The van der Waals surface area contributed by atoms with Crippen molar-refractivity contribution in [3.63, 3.8) is 0 Å². The number of benzene rings is 1. The summed E-state index contributed by atoms with van der Waals surface area (Å²) in [6.45, 7) is 6.50. The van der Waals surface area contributed by atoms with Crippen molar-refractivity contribution in [1.29, 1.82) is 0 Å². The highest BCUT2D eigenvalue weighted by Crippen LogP contribution is 2.23. The average molecular weight is 559 g/mol. The number of aliphatic imine (C=N–C) groups is 1. The third-order valence-corrected chi connectivity index (χ3v) is 4.50. The molecule has 2 N–H and O–H groups in total. The number of ether oxygens (including phenoxy) is 3. The molecule has 0 aliphatic carbocycles. The summed E-state index contributed by atoms with van der Waals surface area (Å²) in [6, 6.07) is 6.04. The third-order valence-electron chi connectivity index (χ3n) is 4.50. The second kappa shape index (κ2) is 14.7. The van der Waals surface area contributed by atoms with Crippen LogP contribution < -0.4 is 15.4 Å². The first-order valence-electron chi connectivity index (χ1n) is 10.3. The summed E-state index contributed by atoms with van der Waals surface area (Å²) >= 11 is 0. The molecule has 1 saturated heterocycles. The molecule has 10 heteroatoms. The van der Waals surface area contributed by atoms with Crippen LogP contribution in [0, 0.1) is 12.8 Å². The van der Waals surface area contributed by atoms with Gasteiger partial charge in [-0.2, -0.15) is 13.2 Å². The zero-order chi connectivity index (χ0) is 21.8. The van der Waals surface area contributed by atoms with Crippen LogP contribution in [-0.2, 0) is 16.0 Å². The summed E-state index contributed by atoms with van der Waals surface area (Å²) in [4.78, 5) is 4.58. The minimum atomic E-state index is -4.29. The number of guanidine groups is 1. The largest absolute Gasteiger partial charge is 0.493 e. The predicted octanol–water partition coefficient (Wildman–Crippen LogP) is 4.05. The highest BCUT2D eigenvalue weighted by Gasteiger charge is 2.27. The normalized spacial score (nSPS) is 16.7. The Kier molecular flexibility index (Phi) is 13.2. The molecule has 1 aliphatic rings. The Morgan fingerprint density at radius 1 is 1.29 bits per heavy atom. The zero-order valence-electron chi connectivity index (χ0n) is 18.1. The van der Waals surface area contributed by atoms with Crippen LogP contribution in [0.5, 0.6) is 5.75 Å². The lowest BCUT2D eigenvalue weighted by Crippen LogP contribution is -2.38. The molecule has 178 valence electrons. The lowest BCUT2D eigenvalue weighted by Gasteiger charge is -2.15. The van der Waals surface area contributed by atoms with E-state index in [-0.39, 0.29) is 30.6 Å². The average Bonchev–Trinajstić information content (AvgIpc) is 3.20. The van der Waals surface area contributed by atoms with E-state index in [0.717, 1.165) is 36.5 Å². The maximum Gasteiger partial charge on any atom is 0.411 e. The van der Waals surface area contributed by atoms with Crippen molar-refractivity contribution >= 4 is 29.9 Å². The molecule has 1 aromatic rings.